The molecule has 21 heavy (non-hydrogen) atoms. The molecule has 8 heteroatoms. The molecule has 1 fully saturated rings. The number of aliphatic carboxylic acids is 1. The number of hydrogen-bond acceptors (Lipinski definition) is 5. The Morgan fingerprint density at radius 1 is 1.57 bits per heavy atom. The molecule has 110 valence electrons. The number of carbonyl (C=O) groups excluding carboxylic acids is 1. The minimum absolute atomic E-state index is 0.251. The van der Waals surface area contributed by atoms with Crippen molar-refractivity contribution in [2.75, 3.05) is 13.7 Å². The molecule has 0 aromatic heterocycles. The second-order valence-corrected chi connectivity index (χ2v) is 6.59. The number of carboxylic acid groups (broad SMARTS) is 1. The first-order chi connectivity index (χ1) is 9.92. The van der Waals surface area contributed by atoms with E-state index in [1.54, 1.807) is 25.3 Å². The number of benzene rings is 1. The zero-order chi connectivity index (χ0) is 15.6. The van der Waals surface area contributed by atoms with Gasteiger partial charge in [0.05, 0.1) is 16.5 Å². The molecule has 0 radical (unpaired) electrons. The lowest BCUT2D eigenvalue weighted by Gasteiger charge is -2.10. The predicted molar refractivity (Wildman–Crippen MR) is 88.2 cm³/mol. The van der Waals surface area contributed by atoms with Crippen molar-refractivity contribution in [1.29, 1.82) is 0 Å². The fraction of sp³-hybridized carbons (Fsp3) is 0.154. The van der Waals surface area contributed by atoms with Gasteiger partial charge in [0.15, 0.2) is 0 Å². The van der Waals surface area contributed by atoms with Gasteiger partial charge in [0.2, 0.25) is 0 Å². The molecule has 0 bridgehead atoms. The quantitative estimate of drug-likeness (QED) is 0.632. The molecular formula is C13H10BrNO4S2. The molecule has 1 aliphatic heterocycles. The molecule has 1 aromatic rings. The van der Waals surface area contributed by atoms with Crippen LogP contribution in [0.5, 0.6) is 5.75 Å². The van der Waals surface area contributed by atoms with Crippen molar-refractivity contribution >= 4 is 62.2 Å². The third kappa shape index (κ3) is 3.63. The number of ether oxygens (including phenoxy) is 1. The fourth-order valence-corrected chi connectivity index (χ4v) is 3.51. The number of hydrogen-bond donors (Lipinski definition) is 1. The summed E-state index contributed by atoms with van der Waals surface area (Å²) in [6.45, 7) is -0.422. The fourth-order valence-electron chi connectivity index (χ4n) is 1.70. The van der Waals surface area contributed by atoms with Gasteiger partial charge in [0, 0.05) is 0 Å². The smallest absolute Gasteiger partial charge is 0.323 e. The van der Waals surface area contributed by atoms with Crippen molar-refractivity contribution < 1.29 is 19.4 Å². The summed E-state index contributed by atoms with van der Waals surface area (Å²) in [4.78, 5) is 24.3. The van der Waals surface area contributed by atoms with Gasteiger partial charge in [0.25, 0.3) is 5.91 Å². The van der Waals surface area contributed by atoms with E-state index in [9.17, 15) is 9.59 Å². The highest BCUT2D eigenvalue weighted by atomic mass is 79.9. The summed E-state index contributed by atoms with van der Waals surface area (Å²) in [6, 6.07) is 5.38. The molecule has 0 unspecified atom stereocenters. The topological polar surface area (TPSA) is 66.8 Å². The van der Waals surface area contributed by atoms with Gasteiger partial charge in [-0.25, -0.2) is 0 Å². The number of nitrogens with zero attached hydrogens (tertiary/aromatic N) is 1. The molecule has 1 aliphatic rings. The molecule has 1 N–H and O–H groups in total. The Bertz CT molecular complexity index is 660. The minimum Gasteiger partial charge on any atom is -0.496 e. The Morgan fingerprint density at radius 3 is 2.86 bits per heavy atom. The van der Waals surface area contributed by atoms with Gasteiger partial charge < -0.3 is 9.84 Å². The molecule has 0 atom stereocenters. The Kier molecular flexibility index (Phi) is 5.02. The molecular weight excluding hydrogens is 378 g/mol. The Balaban J connectivity index is 2.26. The van der Waals surface area contributed by atoms with Gasteiger partial charge in [0.1, 0.15) is 16.6 Å². The summed E-state index contributed by atoms with van der Waals surface area (Å²) in [5, 5.41) is 8.78. The number of thiocarbonyl (C=S) groups is 1. The first-order valence-corrected chi connectivity index (χ1v) is 7.75. The maximum atomic E-state index is 12.1. The highest BCUT2D eigenvalue weighted by molar-refractivity contribution is 9.10. The SMILES string of the molecule is COc1ccc(/C=C2\SC(=S)N(CC(=O)O)C2=O)cc1Br. The molecule has 1 heterocycles. The number of amides is 1. The summed E-state index contributed by atoms with van der Waals surface area (Å²) in [6.07, 6.45) is 1.67. The van der Waals surface area contributed by atoms with Gasteiger partial charge in [-0.15, -0.1) is 0 Å². The lowest BCUT2D eigenvalue weighted by Crippen LogP contribution is -2.33. The number of carboxylic acids is 1. The number of halogens is 1. The van der Waals surface area contributed by atoms with E-state index in [-0.39, 0.29) is 10.2 Å². The van der Waals surface area contributed by atoms with E-state index in [1.165, 1.54) is 0 Å². The summed E-state index contributed by atoms with van der Waals surface area (Å²) in [5.74, 6) is -0.801. The standard InChI is InChI=1S/C13H10BrNO4S2/c1-19-9-3-2-7(4-8(9)14)5-10-12(18)15(6-11(16)17)13(20)21-10/h2-5H,6H2,1H3,(H,16,17)/b10-5-. The molecule has 1 amide bonds. The Hall–Kier alpha value is -1.38. The van der Waals surface area contributed by atoms with Crippen LogP contribution in [-0.2, 0) is 9.59 Å². The van der Waals surface area contributed by atoms with Crippen LogP contribution in [0.25, 0.3) is 6.08 Å². The number of thioether (sulfide) groups is 1. The van der Waals surface area contributed by atoms with Gasteiger partial charge in [-0.2, -0.15) is 0 Å². The van der Waals surface area contributed by atoms with Crippen LogP contribution in [0.4, 0.5) is 0 Å². The number of rotatable bonds is 4. The van der Waals surface area contributed by atoms with Crippen molar-refractivity contribution in [1.82, 2.24) is 4.90 Å². The second-order valence-electron chi connectivity index (χ2n) is 4.06. The zero-order valence-corrected chi connectivity index (χ0v) is 14.0. The lowest BCUT2D eigenvalue weighted by atomic mass is 10.2. The molecule has 2 rings (SSSR count). The maximum absolute atomic E-state index is 12.1. The van der Waals surface area contributed by atoms with Crippen molar-refractivity contribution in [3.63, 3.8) is 0 Å². The van der Waals surface area contributed by atoms with Gasteiger partial charge in [-0.3, -0.25) is 14.5 Å². The van der Waals surface area contributed by atoms with Crippen LogP contribution >= 0.6 is 39.9 Å². The third-order valence-electron chi connectivity index (χ3n) is 2.64. The molecule has 0 saturated carbocycles. The van der Waals surface area contributed by atoms with Crippen molar-refractivity contribution in [2.24, 2.45) is 0 Å². The van der Waals surface area contributed by atoms with Crippen molar-refractivity contribution in [3.8, 4) is 5.75 Å². The van der Waals surface area contributed by atoms with Crippen molar-refractivity contribution in [2.45, 2.75) is 0 Å². The molecule has 1 aromatic carbocycles. The third-order valence-corrected chi connectivity index (χ3v) is 4.64. The van der Waals surface area contributed by atoms with Crippen LogP contribution in [0.1, 0.15) is 5.56 Å². The van der Waals surface area contributed by atoms with Gasteiger partial charge in [-0.05, 0) is 39.7 Å². The lowest BCUT2D eigenvalue weighted by molar-refractivity contribution is -0.140. The van der Waals surface area contributed by atoms with Crippen LogP contribution in [0.3, 0.4) is 0 Å². The summed E-state index contributed by atoms with van der Waals surface area (Å²) < 4.78 is 6.15. The highest BCUT2D eigenvalue weighted by Crippen LogP contribution is 2.33. The summed E-state index contributed by atoms with van der Waals surface area (Å²) in [7, 11) is 1.57. The normalized spacial score (nSPS) is 16.7. The predicted octanol–water partition coefficient (Wildman–Crippen LogP) is 2.74. The number of methoxy groups -OCH3 is 1. The molecule has 0 spiro atoms. The Labute approximate surface area is 139 Å². The van der Waals surface area contributed by atoms with E-state index in [4.69, 9.17) is 22.1 Å². The summed E-state index contributed by atoms with van der Waals surface area (Å²) >= 11 is 9.49. The van der Waals surface area contributed by atoms with E-state index in [0.29, 0.717) is 10.7 Å². The van der Waals surface area contributed by atoms with Crippen LogP contribution < -0.4 is 4.74 Å². The van der Waals surface area contributed by atoms with Gasteiger partial charge >= 0.3 is 5.97 Å². The Morgan fingerprint density at radius 2 is 2.29 bits per heavy atom. The van der Waals surface area contributed by atoms with Crippen LogP contribution in [0.15, 0.2) is 27.6 Å². The van der Waals surface area contributed by atoms with E-state index < -0.39 is 12.5 Å². The molecule has 1 saturated heterocycles. The average Bonchev–Trinajstić information content (AvgIpc) is 2.66. The second kappa shape index (κ2) is 6.59. The zero-order valence-electron chi connectivity index (χ0n) is 10.8. The first kappa shape index (κ1) is 16.0. The van der Waals surface area contributed by atoms with E-state index in [2.05, 4.69) is 15.9 Å². The minimum atomic E-state index is -1.10. The van der Waals surface area contributed by atoms with Crippen LogP contribution in [0, 0.1) is 0 Å². The molecule has 0 aliphatic carbocycles. The number of carbonyl (C=O) groups is 2. The summed E-state index contributed by atoms with van der Waals surface area (Å²) in [5.41, 5.74) is 0.790. The monoisotopic (exact) mass is 387 g/mol. The van der Waals surface area contributed by atoms with Crippen molar-refractivity contribution in [3.05, 3.63) is 33.1 Å². The maximum Gasteiger partial charge on any atom is 0.323 e. The average molecular weight is 388 g/mol. The van der Waals surface area contributed by atoms with E-state index >= 15 is 0 Å². The van der Waals surface area contributed by atoms with Crippen LogP contribution in [0.2, 0.25) is 0 Å². The molecule has 5 nitrogen and oxygen atoms in total. The highest BCUT2D eigenvalue weighted by Gasteiger charge is 2.33. The van der Waals surface area contributed by atoms with Crippen LogP contribution in [-0.4, -0.2) is 39.9 Å². The van der Waals surface area contributed by atoms with E-state index in [0.717, 1.165) is 26.7 Å². The van der Waals surface area contributed by atoms with Gasteiger partial charge in [-0.1, -0.05) is 30.0 Å². The van der Waals surface area contributed by atoms with E-state index in [1.807, 2.05) is 6.07 Å². The first-order valence-electron chi connectivity index (χ1n) is 5.73. The largest absolute Gasteiger partial charge is 0.496 e.